The fraction of sp³-hybridized carbons (Fsp3) is 0.588. The second kappa shape index (κ2) is 7.27. The summed E-state index contributed by atoms with van der Waals surface area (Å²) in [6.45, 7) is 7.79. The first-order valence-corrected chi connectivity index (χ1v) is 8.49. The first-order valence-electron chi connectivity index (χ1n) is 8.49. The highest BCUT2D eigenvalue weighted by molar-refractivity contribution is 5.91. The number of hydrogen-bond donors (Lipinski definition) is 2. The lowest BCUT2D eigenvalue weighted by Crippen LogP contribution is -2.53. The van der Waals surface area contributed by atoms with Gasteiger partial charge in [-0.2, -0.15) is 0 Å². The lowest BCUT2D eigenvalue weighted by Gasteiger charge is -2.35. The molecule has 2 rings (SSSR count). The number of primary amides is 1. The van der Waals surface area contributed by atoms with Crippen LogP contribution in [0.1, 0.15) is 39.2 Å². The molecule has 9 nitrogen and oxygen atoms in total. The fourth-order valence-corrected chi connectivity index (χ4v) is 3.11. The van der Waals surface area contributed by atoms with Crippen LogP contribution in [0.15, 0.2) is 12.3 Å². The number of nitrogens with two attached hydrogens (primary N) is 1. The largest absolute Gasteiger partial charge is 0.368 e. The topological polar surface area (TPSA) is 131 Å². The van der Waals surface area contributed by atoms with Crippen LogP contribution in [-0.2, 0) is 9.59 Å². The van der Waals surface area contributed by atoms with Crippen molar-refractivity contribution in [3.63, 3.8) is 0 Å². The molecule has 2 atom stereocenters. The molecular formula is C17H25N5O4. The average Bonchev–Trinajstić information content (AvgIpc) is 3.00. The molecule has 1 aromatic rings. The van der Waals surface area contributed by atoms with Crippen molar-refractivity contribution in [1.82, 2.24) is 9.88 Å². The summed E-state index contributed by atoms with van der Waals surface area (Å²) in [7, 11) is 0. The summed E-state index contributed by atoms with van der Waals surface area (Å²) in [4.78, 5) is 40.7. The van der Waals surface area contributed by atoms with Crippen LogP contribution in [0, 0.1) is 22.5 Å². The summed E-state index contributed by atoms with van der Waals surface area (Å²) in [5.74, 6) is -0.361. The summed E-state index contributed by atoms with van der Waals surface area (Å²) in [5, 5.41) is 14.0. The number of hydrogen-bond acceptors (Lipinski definition) is 6. The molecule has 1 aliphatic rings. The molecule has 1 unspecified atom stereocenters. The highest BCUT2D eigenvalue weighted by atomic mass is 16.6. The minimum atomic E-state index is -0.657. The van der Waals surface area contributed by atoms with E-state index in [9.17, 15) is 19.7 Å². The van der Waals surface area contributed by atoms with Crippen LogP contribution >= 0.6 is 0 Å². The highest BCUT2D eigenvalue weighted by Gasteiger charge is 2.40. The van der Waals surface area contributed by atoms with Crippen LogP contribution in [0.2, 0.25) is 0 Å². The Morgan fingerprint density at radius 3 is 2.62 bits per heavy atom. The van der Waals surface area contributed by atoms with Gasteiger partial charge in [0.1, 0.15) is 24.1 Å². The Morgan fingerprint density at radius 1 is 1.46 bits per heavy atom. The molecule has 0 bridgehead atoms. The van der Waals surface area contributed by atoms with Gasteiger partial charge in [-0.3, -0.25) is 19.7 Å². The Bertz CT molecular complexity index is 728. The fourth-order valence-electron chi connectivity index (χ4n) is 3.11. The lowest BCUT2D eigenvalue weighted by molar-refractivity contribution is -0.385. The maximum absolute atomic E-state index is 13.1. The number of anilines is 1. The molecule has 3 N–H and O–H groups in total. The number of likely N-dealkylation sites (tertiary alicyclic amines) is 1. The van der Waals surface area contributed by atoms with Gasteiger partial charge in [0, 0.05) is 12.1 Å². The van der Waals surface area contributed by atoms with Crippen LogP contribution in [0.4, 0.5) is 11.5 Å². The molecule has 26 heavy (non-hydrogen) atoms. The van der Waals surface area contributed by atoms with E-state index in [-0.39, 0.29) is 11.6 Å². The van der Waals surface area contributed by atoms with E-state index in [0.29, 0.717) is 24.3 Å². The zero-order chi connectivity index (χ0) is 19.6. The lowest BCUT2D eigenvalue weighted by atomic mass is 9.85. The Hall–Kier alpha value is -2.71. The van der Waals surface area contributed by atoms with Gasteiger partial charge >= 0.3 is 0 Å². The number of aromatic nitrogens is 1. The van der Waals surface area contributed by atoms with Crippen LogP contribution < -0.4 is 11.1 Å². The smallest absolute Gasteiger partial charge is 0.290 e. The third-order valence-electron chi connectivity index (χ3n) is 4.55. The predicted molar refractivity (Wildman–Crippen MR) is 96.4 cm³/mol. The second-order valence-corrected chi connectivity index (χ2v) is 7.65. The number of amides is 2. The summed E-state index contributed by atoms with van der Waals surface area (Å²) in [5.41, 5.74) is 5.32. The van der Waals surface area contributed by atoms with E-state index in [0.717, 1.165) is 6.42 Å². The van der Waals surface area contributed by atoms with Crippen molar-refractivity contribution in [2.45, 2.75) is 52.6 Å². The minimum Gasteiger partial charge on any atom is -0.368 e. The van der Waals surface area contributed by atoms with Gasteiger partial charge < -0.3 is 16.0 Å². The van der Waals surface area contributed by atoms with Crippen LogP contribution in [0.25, 0.3) is 0 Å². The van der Waals surface area contributed by atoms with Crippen molar-refractivity contribution in [2.24, 2.45) is 11.1 Å². The molecule has 2 amide bonds. The average molecular weight is 363 g/mol. The van der Waals surface area contributed by atoms with Gasteiger partial charge in [-0.15, -0.1) is 0 Å². The van der Waals surface area contributed by atoms with Gasteiger partial charge in [-0.05, 0) is 31.2 Å². The molecular weight excluding hydrogens is 338 g/mol. The van der Waals surface area contributed by atoms with Crippen LogP contribution in [0.5, 0.6) is 0 Å². The third kappa shape index (κ3) is 4.09. The van der Waals surface area contributed by atoms with Crippen molar-refractivity contribution < 1.29 is 14.5 Å². The van der Waals surface area contributed by atoms with Crippen molar-refractivity contribution in [1.29, 1.82) is 0 Å². The van der Waals surface area contributed by atoms with E-state index in [2.05, 4.69) is 10.3 Å². The zero-order valence-corrected chi connectivity index (χ0v) is 15.5. The molecule has 0 saturated carbocycles. The number of carbonyl (C=O) groups is 2. The predicted octanol–water partition coefficient (Wildman–Crippen LogP) is 1.60. The monoisotopic (exact) mass is 363 g/mol. The van der Waals surface area contributed by atoms with Gasteiger partial charge in [0.25, 0.3) is 5.69 Å². The number of rotatable bonds is 5. The van der Waals surface area contributed by atoms with Crippen molar-refractivity contribution in [2.75, 3.05) is 11.9 Å². The standard InChI is InChI=1S/C17H25N5O4/c1-10-8-13(19-9-12(10)22(25)26)20-14(17(2,3)4)16(24)21-7-5-6-11(21)15(18)23/h8-9,11,14H,5-7H2,1-4H3,(H2,18,23)(H,19,20)/t11-,14?/m0/s1. The summed E-state index contributed by atoms with van der Waals surface area (Å²) in [6, 6.07) is 0.288. The molecule has 1 saturated heterocycles. The summed E-state index contributed by atoms with van der Waals surface area (Å²) in [6.07, 6.45) is 2.46. The zero-order valence-electron chi connectivity index (χ0n) is 15.5. The number of nitro groups is 1. The normalized spacial score (nSPS) is 18.5. The summed E-state index contributed by atoms with van der Waals surface area (Å²) >= 11 is 0. The number of pyridine rings is 1. The first kappa shape index (κ1) is 19.6. The molecule has 2 heterocycles. The maximum Gasteiger partial charge on any atom is 0.290 e. The number of nitrogens with zero attached hydrogens (tertiary/aromatic N) is 3. The second-order valence-electron chi connectivity index (χ2n) is 7.65. The van der Waals surface area contributed by atoms with Gasteiger partial charge in [0.2, 0.25) is 11.8 Å². The Kier molecular flexibility index (Phi) is 5.48. The van der Waals surface area contributed by atoms with Gasteiger partial charge in [-0.1, -0.05) is 20.8 Å². The molecule has 142 valence electrons. The molecule has 1 aromatic heterocycles. The van der Waals surface area contributed by atoms with Gasteiger partial charge in [0.05, 0.1) is 4.92 Å². The molecule has 0 spiro atoms. The summed E-state index contributed by atoms with van der Waals surface area (Å²) < 4.78 is 0. The Balaban J connectivity index is 2.28. The first-order chi connectivity index (χ1) is 12.0. The van der Waals surface area contributed by atoms with Crippen LogP contribution in [-0.4, -0.2) is 45.2 Å². The Morgan fingerprint density at radius 2 is 2.12 bits per heavy atom. The molecule has 0 radical (unpaired) electrons. The van der Waals surface area contributed by atoms with E-state index in [1.165, 1.54) is 11.1 Å². The maximum atomic E-state index is 13.1. The van der Waals surface area contributed by atoms with Gasteiger partial charge in [-0.25, -0.2) is 4.98 Å². The molecule has 9 heteroatoms. The Labute approximate surface area is 152 Å². The molecule has 0 aromatic carbocycles. The minimum absolute atomic E-state index is 0.0810. The highest BCUT2D eigenvalue weighted by Crippen LogP contribution is 2.28. The number of aryl methyl sites for hydroxylation is 1. The van der Waals surface area contributed by atoms with Crippen molar-refractivity contribution >= 4 is 23.3 Å². The van der Waals surface area contributed by atoms with Crippen LogP contribution in [0.3, 0.4) is 0 Å². The molecule has 1 aliphatic heterocycles. The van der Waals surface area contributed by atoms with E-state index < -0.39 is 28.3 Å². The number of carbonyl (C=O) groups excluding carboxylic acids is 2. The number of nitrogens with one attached hydrogen (secondary N) is 1. The quantitative estimate of drug-likeness (QED) is 0.603. The van der Waals surface area contributed by atoms with Crippen molar-refractivity contribution in [3.8, 4) is 0 Å². The SMILES string of the molecule is Cc1cc(NC(C(=O)N2CCC[C@H]2C(N)=O)C(C)(C)C)ncc1[N+](=O)[O-]. The van der Waals surface area contributed by atoms with Gasteiger partial charge in [0.15, 0.2) is 0 Å². The van der Waals surface area contributed by atoms with E-state index >= 15 is 0 Å². The van der Waals surface area contributed by atoms with E-state index in [1.807, 2.05) is 20.8 Å². The van der Waals surface area contributed by atoms with Crippen molar-refractivity contribution in [3.05, 3.63) is 27.9 Å². The third-order valence-corrected chi connectivity index (χ3v) is 4.55. The van der Waals surface area contributed by atoms with E-state index in [1.54, 1.807) is 13.0 Å². The van der Waals surface area contributed by atoms with E-state index in [4.69, 9.17) is 5.73 Å². The molecule has 0 aliphatic carbocycles. The molecule has 1 fully saturated rings.